The van der Waals surface area contributed by atoms with Gasteiger partial charge in [0.2, 0.25) is 5.91 Å². The van der Waals surface area contributed by atoms with Crippen LogP contribution in [0.2, 0.25) is 5.02 Å². The normalized spacial score (nSPS) is 16.9. The van der Waals surface area contributed by atoms with Gasteiger partial charge in [-0.1, -0.05) is 23.7 Å². The van der Waals surface area contributed by atoms with Crippen LogP contribution in [0.3, 0.4) is 0 Å². The highest BCUT2D eigenvalue weighted by Gasteiger charge is 2.22. The van der Waals surface area contributed by atoms with Crippen molar-refractivity contribution < 1.29 is 4.79 Å². The van der Waals surface area contributed by atoms with Gasteiger partial charge in [0.15, 0.2) is 0 Å². The van der Waals surface area contributed by atoms with E-state index in [2.05, 4.69) is 0 Å². The van der Waals surface area contributed by atoms with E-state index in [-0.39, 0.29) is 5.91 Å². The standard InChI is InChI=1S/C12H14ClNO/c1-9-5-4-6-10(13)12(9)14-8-3-2-7-11(14)15/h4-6H,2-3,7-8H2,1H3. The fourth-order valence-electron chi connectivity index (χ4n) is 2.01. The highest BCUT2D eigenvalue weighted by molar-refractivity contribution is 6.34. The summed E-state index contributed by atoms with van der Waals surface area (Å²) in [6.45, 7) is 2.78. The molecule has 1 aliphatic heterocycles. The first-order valence-electron chi connectivity index (χ1n) is 5.25. The number of anilines is 1. The zero-order valence-electron chi connectivity index (χ0n) is 8.79. The van der Waals surface area contributed by atoms with Crippen molar-refractivity contribution in [3.05, 3.63) is 28.8 Å². The number of carbonyl (C=O) groups excluding carboxylic acids is 1. The van der Waals surface area contributed by atoms with Crippen LogP contribution in [0.5, 0.6) is 0 Å². The van der Waals surface area contributed by atoms with Crippen LogP contribution in [0.4, 0.5) is 5.69 Å². The van der Waals surface area contributed by atoms with Gasteiger partial charge in [0.05, 0.1) is 10.7 Å². The number of amides is 1. The number of hydrogen-bond donors (Lipinski definition) is 0. The fourth-order valence-corrected chi connectivity index (χ4v) is 2.33. The summed E-state index contributed by atoms with van der Waals surface area (Å²) in [5.74, 6) is 0.192. The molecule has 80 valence electrons. The lowest BCUT2D eigenvalue weighted by Crippen LogP contribution is -2.35. The van der Waals surface area contributed by atoms with E-state index in [0.717, 1.165) is 30.6 Å². The van der Waals surface area contributed by atoms with Crippen molar-refractivity contribution in [2.45, 2.75) is 26.2 Å². The first-order chi connectivity index (χ1) is 7.20. The van der Waals surface area contributed by atoms with E-state index in [1.165, 1.54) is 0 Å². The number of piperidine rings is 1. The van der Waals surface area contributed by atoms with Crippen LogP contribution in [0.1, 0.15) is 24.8 Å². The van der Waals surface area contributed by atoms with Crippen LogP contribution >= 0.6 is 11.6 Å². The first kappa shape index (κ1) is 10.5. The Morgan fingerprint density at radius 1 is 1.33 bits per heavy atom. The van der Waals surface area contributed by atoms with Gasteiger partial charge in [0, 0.05) is 13.0 Å². The second kappa shape index (κ2) is 4.23. The average molecular weight is 224 g/mol. The Kier molecular flexibility index (Phi) is 2.96. The smallest absolute Gasteiger partial charge is 0.227 e. The lowest BCUT2D eigenvalue weighted by molar-refractivity contribution is -0.119. The molecule has 1 aromatic carbocycles. The molecule has 2 rings (SSSR count). The molecule has 0 unspecified atom stereocenters. The molecule has 1 fully saturated rings. The van der Waals surface area contributed by atoms with Crippen LogP contribution in [-0.2, 0) is 4.79 Å². The number of carbonyl (C=O) groups is 1. The largest absolute Gasteiger partial charge is 0.311 e. The predicted octanol–water partition coefficient (Wildman–Crippen LogP) is 3.17. The van der Waals surface area contributed by atoms with E-state index >= 15 is 0 Å². The summed E-state index contributed by atoms with van der Waals surface area (Å²) in [6, 6.07) is 5.74. The van der Waals surface area contributed by atoms with Crippen molar-refractivity contribution in [1.29, 1.82) is 0 Å². The molecular formula is C12H14ClNO. The van der Waals surface area contributed by atoms with E-state index in [0.29, 0.717) is 11.4 Å². The van der Waals surface area contributed by atoms with Gasteiger partial charge in [0.25, 0.3) is 0 Å². The van der Waals surface area contributed by atoms with Gasteiger partial charge in [0.1, 0.15) is 0 Å². The van der Waals surface area contributed by atoms with Crippen LogP contribution in [-0.4, -0.2) is 12.5 Å². The maximum absolute atomic E-state index is 11.8. The molecule has 3 heteroatoms. The molecule has 0 aromatic heterocycles. The number of para-hydroxylation sites is 1. The van der Waals surface area contributed by atoms with Crippen molar-refractivity contribution in [3.8, 4) is 0 Å². The molecule has 1 aromatic rings. The molecule has 1 amide bonds. The minimum absolute atomic E-state index is 0.192. The molecule has 1 saturated heterocycles. The number of nitrogens with zero attached hydrogens (tertiary/aromatic N) is 1. The Morgan fingerprint density at radius 3 is 2.80 bits per heavy atom. The predicted molar refractivity (Wildman–Crippen MR) is 62.4 cm³/mol. The molecular weight excluding hydrogens is 210 g/mol. The van der Waals surface area contributed by atoms with Crippen LogP contribution in [0, 0.1) is 6.92 Å². The van der Waals surface area contributed by atoms with E-state index in [9.17, 15) is 4.79 Å². The van der Waals surface area contributed by atoms with Gasteiger partial charge in [-0.3, -0.25) is 4.79 Å². The highest BCUT2D eigenvalue weighted by atomic mass is 35.5. The topological polar surface area (TPSA) is 20.3 Å². The molecule has 1 heterocycles. The molecule has 0 N–H and O–H groups in total. The number of aryl methyl sites for hydroxylation is 1. The SMILES string of the molecule is Cc1cccc(Cl)c1N1CCCCC1=O. The van der Waals surface area contributed by atoms with Crippen molar-refractivity contribution in [3.63, 3.8) is 0 Å². The summed E-state index contributed by atoms with van der Waals surface area (Å²) >= 11 is 6.13. The Morgan fingerprint density at radius 2 is 2.13 bits per heavy atom. The summed E-state index contributed by atoms with van der Waals surface area (Å²) in [6.07, 6.45) is 2.71. The molecule has 0 spiro atoms. The maximum Gasteiger partial charge on any atom is 0.227 e. The van der Waals surface area contributed by atoms with Crippen LogP contribution in [0.15, 0.2) is 18.2 Å². The second-order valence-corrected chi connectivity index (χ2v) is 4.32. The Balaban J connectivity index is 2.39. The first-order valence-corrected chi connectivity index (χ1v) is 5.63. The Labute approximate surface area is 94.8 Å². The van der Waals surface area contributed by atoms with Gasteiger partial charge >= 0.3 is 0 Å². The molecule has 2 nitrogen and oxygen atoms in total. The summed E-state index contributed by atoms with van der Waals surface area (Å²) in [5.41, 5.74) is 1.96. The van der Waals surface area contributed by atoms with Crippen molar-refractivity contribution >= 4 is 23.2 Å². The fraction of sp³-hybridized carbons (Fsp3) is 0.417. The number of rotatable bonds is 1. The molecule has 15 heavy (non-hydrogen) atoms. The minimum atomic E-state index is 0.192. The van der Waals surface area contributed by atoms with E-state index in [4.69, 9.17) is 11.6 Å². The van der Waals surface area contributed by atoms with Gasteiger partial charge < -0.3 is 4.90 Å². The lowest BCUT2D eigenvalue weighted by Gasteiger charge is -2.28. The third-order valence-electron chi connectivity index (χ3n) is 2.78. The van der Waals surface area contributed by atoms with Gasteiger partial charge in [-0.25, -0.2) is 0 Å². The van der Waals surface area contributed by atoms with E-state index in [1.807, 2.05) is 30.0 Å². The van der Waals surface area contributed by atoms with Crippen molar-refractivity contribution in [2.24, 2.45) is 0 Å². The van der Waals surface area contributed by atoms with Crippen molar-refractivity contribution in [1.82, 2.24) is 0 Å². The molecule has 0 atom stereocenters. The molecule has 0 radical (unpaired) electrons. The highest BCUT2D eigenvalue weighted by Crippen LogP contribution is 2.31. The molecule has 1 aliphatic rings. The average Bonchev–Trinajstić information content (AvgIpc) is 2.20. The number of benzene rings is 1. The van der Waals surface area contributed by atoms with Crippen LogP contribution < -0.4 is 4.90 Å². The zero-order chi connectivity index (χ0) is 10.8. The quantitative estimate of drug-likeness (QED) is 0.716. The van der Waals surface area contributed by atoms with E-state index in [1.54, 1.807) is 0 Å². The van der Waals surface area contributed by atoms with Crippen LogP contribution in [0.25, 0.3) is 0 Å². The Hall–Kier alpha value is -1.02. The van der Waals surface area contributed by atoms with E-state index < -0.39 is 0 Å². The number of halogens is 1. The Bertz CT molecular complexity index is 369. The molecule has 0 saturated carbocycles. The lowest BCUT2D eigenvalue weighted by atomic mass is 10.1. The second-order valence-electron chi connectivity index (χ2n) is 3.91. The summed E-state index contributed by atoms with van der Waals surface area (Å²) in [7, 11) is 0. The zero-order valence-corrected chi connectivity index (χ0v) is 9.55. The molecule has 0 bridgehead atoms. The monoisotopic (exact) mass is 223 g/mol. The summed E-state index contributed by atoms with van der Waals surface area (Å²) in [4.78, 5) is 13.6. The number of hydrogen-bond acceptors (Lipinski definition) is 1. The summed E-state index contributed by atoms with van der Waals surface area (Å²) in [5, 5.41) is 0.672. The van der Waals surface area contributed by atoms with Gasteiger partial charge in [-0.2, -0.15) is 0 Å². The third-order valence-corrected chi connectivity index (χ3v) is 3.09. The van der Waals surface area contributed by atoms with Crippen molar-refractivity contribution in [2.75, 3.05) is 11.4 Å². The van der Waals surface area contributed by atoms with Gasteiger partial charge in [-0.15, -0.1) is 0 Å². The third kappa shape index (κ3) is 2.00. The molecule has 0 aliphatic carbocycles. The minimum Gasteiger partial charge on any atom is -0.311 e. The summed E-state index contributed by atoms with van der Waals surface area (Å²) < 4.78 is 0. The van der Waals surface area contributed by atoms with Gasteiger partial charge in [-0.05, 0) is 31.4 Å². The maximum atomic E-state index is 11.8.